The molecule has 0 saturated carbocycles. The average Bonchev–Trinajstić information content (AvgIpc) is 2.94. The summed E-state index contributed by atoms with van der Waals surface area (Å²) in [6.45, 7) is 0. The summed E-state index contributed by atoms with van der Waals surface area (Å²) < 4.78 is 5.36. The van der Waals surface area contributed by atoms with Gasteiger partial charge in [0, 0.05) is 12.4 Å². The van der Waals surface area contributed by atoms with Crippen LogP contribution in [0.2, 0.25) is 0 Å². The van der Waals surface area contributed by atoms with Crippen molar-refractivity contribution in [2.75, 3.05) is 19.5 Å². The van der Waals surface area contributed by atoms with Crippen molar-refractivity contribution >= 4 is 27.4 Å². The molecule has 96 valence electrons. The van der Waals surface area contributed by atoms with Crippen molar-refractivity contribution in [2.24, 2.45) is 0 Å². The molecule has 3 aromatic rings. The lowest BCUT2D eigenvalue weighted by Crippen LogP contribution is -1.92. The fourth-order valence-electron chi connectivity index (χ4n) is 1.84. The second-order valence-corrected chi connectivity index (χ2v) is 4.88. The van der Waals surface area contributed by atoms with Gasteiger partial charge in [-0.2, -0.15) is 0 Å². The van der Waals surface area contributed by atoms with E-state index in [-0.39, 0.29) is 0 Å². The van der Waals surface area contributed by atoms with Crippen LogP contribution in [-0.2, 0) is 0 Å². The molecule has 3 rings (SSSR count). The molecule has 1 aromatic carbocycles. The second-order valence-electron chi connectivity index (χ2n) is 3.90. The number of nitrogens with one attached hydrogen (secondary N) is 1. The van der Waals surface area contributed by atoms with Crippen molar-refractivity contribution in [3.63, 3.8) is 0 Å². The number of para-hydroxylation sites is 1. The maximum absolute atomic E-state index is 5.36. The Bertz CT molecular complexity index is 725. The van der Waals surface area contributed by atoms with Crippen LogP contribution in [0.4, 0.5) is 5.13 Å². The van der Waals surface area contributed by atoms with Gasteiger partial charge in [0.1, 0.15) is 0 Å². The molecule has 0 aliphatic rings. The number of hydrogen-bond acceptors (Lipinski definition) is 6. The maximum Gasteiger partial charge on any atom is 0.224 e. The highest BCUT2D eigenvalue weighted by Gasteiger charge is 2.14. The van der Waals surface area contributed by atoms with Crippen molar-refractivity contribution in [1.29, 1.82) is 0 Å². The molecule has 0 amide bonds. The number of aromatic nitrogens is 3. The van der Waals surface area contributed by atoms with Crippen LogP contribution in [0.3, 0.4) is 0 Å². The average molecular weight is 272 g/mol. The van der Waals surface area contributed by atoms with Crippen LogP contribution < -0.4 is 10.1 Å². The molecule has 1 N–H and O–H groups in total. The first-order chi connectivity index (χ1) is 9.31. The molecule has 2 aromatic heterocycles. The number of pyridine rings is 1. The number of nitrogens with zero attached hydrogens (tertiary/aromatic N) is 3. The third kappa shape index (κ3) is 2.10. The van der Waals surface area contributed by atoms with Crippen LogP contribution in [0, 0.1) is 0 Å². The molecule has 0 bridgehead atoms. The zero-order valence-corrected chi connectivity index (χ0v) is 11.4. The van der Waals surface area contributed by atoms with Gasteiger partial charge in [-0.05, 0) is 12.1 Å². The number of rotatable bonds is 3. The van der Waals surface area contributed by atoms with Crippen LogP contribution in [0.1, 0.15) is 0 Å². The summed E-state index contributed by atoms with van der Waals surface area (Å²) >= 11 is 1.47. The third-order valence-corrected chi connectivity index (χ3v) is 3.73. The predicted molar refractivity (Wildman–Crippen MR) is 76.7 cm³/mol. The normalized spacial score (nSPS) is 10.6. The lowest BCUT2D eigenvalue weighted by Gasteiger charge is -2.06. The molecule has 5 nitrogen and oxygen atoms in total. The van der Waals surface area contributed by atoms with Crippen molar-refractivity contribution in [2.45, 2.75) is 0 Å². The van der Waals surface area contributed by atoms with Gasteiger partial charge in [-0.15, -0.1) is 10.2 Å². The number of benzene rings is 1. The summed E-state index contributed by atoms with van der Waals surface area (Å²) in [5.41, 5.74) is 1.77. The minimum Gasteiger partial charge on any atom is -0.480 e. The smallest absolute Gasteiger partial charge is 0.224 e. The number of anilines is 1. The second kappa shape index (κ2) is 4.81. The van der Waals surface area contributed by atoms with Gasteiger partial charge in [0.05, 0.1) is 18.2 Å². The van der Waals surface area contributed by atoms with E-state index in [2.05, 4.69) is 20.5 Å². The van der Waals surface area contributed by atoms with Crippen molar-refractivity contribution in [3.8, 4) is 16.5 Å². The minimum absolute atomic E-state index is 0.567. The molecule has 0 aliphatic heterocycles. The fourth-order valence-corrected chi connectivity index (χ4v) is 2.54. The first-order valence-electron chi connectivity index (χ1n) is 5.77. The molecular weight excluding hydrogens is 260 g/mol. The topological polar surface area (TPSA) is 59.9 Å². The minimum atomic E-state index is 0.567. The van der Waals surface area contributed by atoms with Crippen LogP contribution in [0.15, 0.2) is 30.3 Å². The first-order valence-corrected chi connectivity index (χ1v) is 6.59. The predicted octanol–water partition coefficient (Wildman–Crippen LogP) is 2.80. The molecule has 19 heavy (non-hydrogen) atoms. The summed E-state index contributed by atoms with van der Waals surface area (Å²) in [4.78, 5) is 4.50. The number of fused-ring (bicyclic) bond motifs is 1. The lowest BCUT2D eigenvalue weighted by atomic mass is 10.1. The summed E-state index contributed by atoms with van der Waals surface area (Å²) in [6.07, 6.45) is 0. The summed E-state index contributed by atoms with van der Waals surface area (Å²) in [5.74, 6) is 0.567. The van der Waals surface area contributed by atoms with Gasteiger partial charge in [-0.3, -0.25) is 0 Å². The van der Waals surface area contributed by atoms with Gasteiger partial charge in [0.2, 0.25) is 11.0 Å². The third-order valence-electron chi connectivity index (χ3n) is 2.75. The molecule has 0 radical (unpaired) electrons. The van der Waals surface area contributed by atoms with E-state index in [1.165, 1.54) is 11.3 Å². The van der Waals surface area contributed by atoms with E-state index in [9.17, 15) is 0 Å². The van der Waals surface area contributed by atoms with Crippen LogP contribution >= 0.6 is 11.3 Å². The summed E-state index contributed by atoms with van der Waals surface area (Å²) in [7, 11) is 3.43. The van der Waals surface area contributed by atoms with Crippen LogP contribution in [-0.4, -0.2) is 29.3 Å². The molecule has 0 spiro atoms. The molecule has 0 fully saturated rings. The summed E-state index contributed by atoms with van der Waals surface area (Å²) in [6, 6.07) is 9.95. The van der Waals surface area contributed by atoms with E-state index in [0.29, 0.717) is 5.88 Å². The highest BCUT2D eigenvalue weighted by atomic mass is 32.1. The lowest BCUT2D eigenvalue weighted by molar-refractivity contribution is 0.401. The number of methoxy groups -OCH3 is 1. The highest BCUT2D eigenvalue weighted by Crippen LogP contribution is 2.34. The Morgan fingerprint density at radius 1 is 1.21 bits per heavy atom. The van der Waals surface area contributed by atoms with E-state index >= 15 is 0 Å². The fraction of sp³-hybridized carbons (Fsp3) is 0.154. The molecule has 0 atom stereocenters. The highest BCUT2D eigenvalue weighted by molar-refractivity contribution is 7.18. The Hall–Kier alpha value is -2.21. The van der Waals surface area contributed by atoms with Crippen LogP contribution in [0.5, 0.6) is 5.88 Å². The van der Waals surface area contributed by atoms with Gasteiger partial charge in [0.15, 0.2) is 5.01 Å². The van der Waals surface area contributed by atoms with E-state index < -0.39 is 0 Å². The van der Waals surface area contributed by atoms with Gasteiger partial charge < -0.3 is 10.1 Å². The van der Waals surface area contributed by atoms with Gasteiger partial charge in [-0.1, -0.05) is 29.5 Å². The largest absolute Gasteiger partial charge is 0.480 e. The summed E-state index contributed by atoms with van der Waals surface area (Å²) in [5, 5.41) is 13.8. The van der Waals surface area contributed by atoms with E-state index in [1.807, 2.05) is 37.4 Å². The maximum atomic E-state index is 5.36. The van der Waals surface area contributed by atoms with Gasteiger partial charge in [0.25, 0.3) is 0 Å². The molecule has 6 heteroatoms. The Kier molecular flexibility index (Phi) is 3.00. The van der Waals surface area contributed by atoms with Gasteiger partial charge in [-0.25, -0.2) is 4.98 Å². The quantitative estimate of drug-likeness (QED) is 0.794. The molecular formula is C13H12N4OS. The molecule has 0 aliphatic carbocycles. The van der Waals surface area contributed by atoms with Gasteiger partial charge >= 0.3 is 0 Å². The molecule has 2 heterocycles. The standard InChI is InChI=1S/C13H12N4OS/c1-14-13-17-16-12(19-13)9-7-8-5-3-4-6-10(8)15-11(9)18-2/h3-7H,1-2H3,(H,14,17). The molecule has 0 saturated heterocycles. The molecule has 0 unspecified atom stereocenters. The van der Waals surface area contributed by atoms with E-state index in [1.54, 1.807) is 7.11 Å². The zero-order valence-electron chi connectivity index (χ0n) is 10.5. The van der Waals surface area contributed by atoms with E-state index in [0.717, 1.165) is 26.6 Å². The van der Waals surface area contributed by atoms with Crippen LogP contribution in [0.25, 0.3) is 21.5 Å². The van der Waals surface area contributed by atoms with E-state index in [4.69, 9.17) is 4.74 Å². The van der Waals surface area contributed by atoms with Crippen molar-refractivity contribution in [3.05, 3.63) is 30.3 Å². The van der Waals surface area contributed by atoms with Crippen molar-refractivity contribution in [1.82, 2.24) is 15.2 Å². The SMILES string of the molecule is CNc1nnc(-c2cc3ccccc3nc2OC)s1. The Balaban J connectivity index is 2.20. The Morgan fingerprint density at radius 2 is 2.05 bits per heavy atom. The monoisotopic (exact) mass is 272 g/mol. The zero-order chi connectivity index (χ0) is 13.2. The number of hydrogen-bond donors (Lipinski definition) is 1. The first kappa shape index (κ1) is 11.9. The Morgan fingerprint density at radius 3 is 2.79 bits per heavy atom. The van der Waals surface area contributed by atoms with Crippen molar-refractivity contribution < 1.29 is 4.74 Å². The Labute approximate surface area is 114 Å². The number of ether oxygens (including phenoxy) is 1.